The molecule has 2 atom stereocenters. The normalized spacial score (nSPS) is 19.2. The highest BCUT2D eigenvalue weighted by Crippen LogP contribution is 2.45. The zero-order valence-corrected chi connectivity index (χ0v) is 15.6. The number of hydrogen-bond donors (Lipinski definition) is 0. The van der Waals surface area contributed by atoms with Gasteiger partial charge in [0.15, 0.2) is 0 Å². The van der Waals surface area contributed by atoms with Crippen LogP contribution in [0.1, 0.15) is 34.9 Å². The van der Waals surface area contributed by atoms with Crippen LogP contribution in [0, 0.1) is 0 Å². The van der Waals surface area contributed by atoms with Gasteiger partial charge < -0.3 is 4.74 Å². The topological polar surface area (TPSA) is 9.23 Å². The van der Waals surface area contributed by atoms with E-state index in [1.165, 1.54) is 22.3 Å². The Morgan fingerprint density at radius 2 is 1.41 bits per heavy atom. The molecule has 0 aliphatic heterocycles. The van der Waals surface area contributed by atoms with Gasteiger partial charge in [0.25, 0.3) is 0 Å². The van der Waals surface area contributed by atoms with Crippen LogP contribution in [0.3, 0.4) is 0 Å². The third-order valence-electron chi connectivity index (χ3n) is 5.30. The zero-order chi connectivity index (χ0) is 18.5. The molecule has 1 nitrogen and oxygen atoms in total. The minimum absolute atomic E-state index is 0.383. The summed E-state index contributed by atoms with van der Waals surface area (Å²) in [7, 11) is 1.71. The Balaban J connectivity index is 1.64. The summed E-state index contributed by atoms with van der Waals surface area (Å²) < 4.78 is 5.33. The van der Waals surface area contributed by atoms with Crippen LogP contribution in [0.25, 0.3) is 6.08 Å². The van der Waals surface area contributed by atoms with E-state index in [2.05, 4.69) is 103 Å². The average molecular weight is 352 g/mol. The summed E-state index contributed by atoms with van der Waals surface area (Å²) in [6.45, 7) is 0. The lowest BCUT2D eigenvalue weighted by molar-refractivity contribution is 0.414. The van der Waals surface area contributed by atoms with Crippen molar-refractivity contribution in [1.82, 2.24) is 0 Å². The lowest BCUT2D eigenvalue weighted by Gasteiger charge is -2.20. The summed E-state index contributed by atoms with van der Waals surface area (Å²) in [5.41, 5.74) is 5.38. The van der Waals surface area contributed by atoms with E-state index in [4.69, 9.17) is 4.74 Å². The van der Waals surface area contributed by atoms with E-state index in [-0.39, 0.29) is 0 Å². The lowest BCUT2D eigenvalue weighted by atomic mass is 9.83. The quantitative estimate of drug-likeness (QED) is 0.502. The van der Waals surface area contributed by atoms with E-state index in [0.29, 0.717) is 11.8 Å². The van der Waals surface area contributed by atoms with Crippen LogP contribution in [0.15, 0.2) is 103 Å². The maximum absolute atomic E-state index is 5.33. The summed E-state index contributed by atoms with van der Waals surface area (Å²) in [5, 5.41) is 0. The fraction of sp³-hybridized carbons (Fsp3) is 0.154. The second kappa shape index (κ2) is 8.09. The first-order valence-electron chi connectivity index (χ1n) is 9.46. The molecule has 0 radical (unpaired) electrons. The maximum atomic E-state index is 5.33. The molecular formula is C26H24O. The molecule has 3 aromatic carbocycles. The van der Waals surface area contributed by atoms with Crippen molar-refractivity contribution in [1.29, 1.82) is 0 Å². The first-order chi connectivity index (χ1) is 13.3. The van der Waals surface area contributed by atoms with Gasteiger partial charge in [0, 0.05) is 5.92 Å². The van der Waals surface area contributed by atoms with Gasteiger partial charge >= 0.3 is 0 Å². The van der Waals surface area contributed by atoms with Crippen LogP contribution in [-0.2, 0) is 0 Å². The van der Waals surface area contributed by atoms with Gasteiger partial charge in [-0.2, -0.15) is 0 Å². The van der Waals surface area contributed by atoms with Crippen LogP contribution in [0.2, 0.25) is 0 Å². The van der Waals surface area contributed by atoms with Gasteiger partial charge in [-0.05, 0) is 41.2 Å². The minimum Gasteiger partial charge on any atom is -0.497 e. The minimum atomic E-state index is 0.383. The molecule has 0 saturated heterocycles. The van der Waals surface area contributed by atoms with Gasteiger partial charge in [-0.1, -0.05) is 96.6 Å². The standard InChI is InChI=1S/C26H24O/c1-27-24-16-14-23(15-17-24)26-19-21(13-12-20-8-4-2-5-9-20)18-25(26)22-10-6-3-7-11-22/h2-17,19,25-26H,18H2,1H3/b13-12+. The smallest absolute Gasteiger partial charge is 0.118 e. The number of benzene rings is 3. The molecule has 134 valence electrons. The van der Waals surface area contributed by atoms with E-state index in [0.717, 1.165) is 12.2 Å². The molecule has 27 heavy (non-hydrogen) atoms. The molecule has 0 saturated carbocycles. The predicted octanol–water partition coefficient (Wildman–Crippen LogP) is 6.61. The SMILES string of the molecule is COc1ccc(C2C=C(/C=C/c3ccccc3)CC2c2ccccc2)cc1. The molecule has 0 spiro atoms. The fourth-order valence-corrected chi connectivity index (χ4v) is 3.87. The Morgan fingerprint density at radius 1 is 0.741 bits per heavy atom. The molecule has 4 rings (SSSR count). The van der Waals surface area contributed by atoms with Crippen LogP contribution in [-0.4, -0.2) is 7.11 Å². The second-order valence-corrected chi connectivity index (χ2v) is 7.01. The Hall–Kier alpha value is -3.06. The average Bonchev–Trinajstić information content (AvgIpc) is 3.18. The summed E-state index contributed by atoms with van der Waals surface area (Å²) in [6, 6.07) is 29.9. The molecule has 1 aliphatic carbocycles. The van der Waals surface area contributed by atoms with E-state index in [9.17, 15) is 0 Å². The molecule has 1 heteroatoms. The third kappa shape index (κ3) is 4.03. The highest BCUT2D eigenvalue weighted by molar-refractivity contribution is 5.55. The molecule has 0 fully saturated rings. The largest absolute Gasteiger partial charge is 0.497 e. The van der Waals surface area contributed by atoms with Crippen molar-refractivity contribution < 1.29 is 4.74 Å². The molecule has 1 aliphatic rings. The lowest BCUT2D eigenvalue weighted by Crippen LogP contribution is -2.05. The molecule has 0 heterocycles. The molecule has 0 bridgehead atoms. The maximum Gasteiger partial charge on any atom is 0.118 e. The molecule has 0 N–H and O–H groups in total. The molecule has 0 aromatic heterocycles. The summed E-state index contributed by atoms with van der Waals surface area (Å²) in [5.74, 6) is 1.75. The van der Waals surface area contributed by atoms with Crippen LogP contribution >= 0.6 is 0 Å². The van der Waals surface area contributed by atoms with Crippen molar-refractivity contribution in [3.05, 3.63) is 119 Å². The Bertz CT molecular complexity index is 921. The number of rotatable bonds is 5. The number of methoxy groups -OCH3 is 1. The van der Waals surface area contributed by atoms with E-state index in [1.54, 1.807) is 7.11 Å². The Morgan fingerprint density at radius 3 is 2.07 bits per heavy atom. The van der Waals surface area contributed by atoms with Crippen LogP contribution in [0.4, 0.5) is 0 Å². The number of hydrogen-bond acceptors (Lipinski definition) is 1. The Kier molecular flexibility index (Phi) is 5.20. The monoisotopic (exact) mass is 352 g/mol. The molecule has 3 aromatic rings. The summed E-state index contributed by atoms with van der Waals surface area (Å²) >= 11 is 0. The fourth-order valence-electron chi connectivity index (χ4n) is 3.87. The van der Waals surface area contributed by atoms with Gasteiger partial charge in [-0.25, -0.2) is 0 Å². The zero-order valence-electron chi connectivity index (χ0n) is 15.6. The second-order valence-electron chi connectivity index (χ2n) is 7.01. The van der Waals surface area contributed by atoms with E-state index < -0.39 is 0 Å². The number of allylic oxidation sites excluding steroid dienone is 3. The van der Waals surface area contributed by atoms with Crippen molar-refractivity contribution in [2.24, 2.45) is 0 Å². The Labute approximate surface area is 161 Å². The van der Waals surface area contributed by atoms with Crippen LogP contribution < -0.4 is 4.74 Å². The van der Waals surface area contributed by atoms with Gasteiger partial charge in [0.1, 0.15) is 5.75 Å². The predicted molar refractivity (Wildman–Crippen MR) is 113 cm³/mol. The van der Waals surface area contributed by atoms with Gasteiger partial charge in [0.05, 0.1) is 7.11 Å². The van der Waals surface area contributed by atoms with Gasteiger partial charge in [-0.15, -0.1) is 0 Å². The van der Waals surface area contributed by atoms with Gasteiger partial charge in [0.2, 0.25) is 0 Å². The van der Waals surface area contributed by atoms with Crippen molar-refractivity contribution in [2.45, 2.75) is 18.3 Å². The van der Waals surface area contributed by atoms with Crippen molar-refractivity contribution in [3.63, 3.8) is 0 Å². The van der Waals surface area contributed by atoms with Crippen molar-refractivity contribution >= 4 is 6.08 Å². The summed E-state index contributed by atoms with van der Waals surface area (Å²) in [6.07, 6.45) is 7.97. The van der Waals surface area contributed by atoms with Crippen molar-refractivity contribution in [3.8, 4) is 5.75 Å². The van der Waals surface area contributed by atoms with Crippen LogP contribution in [0.5, 0.6) is 5.75 Å². The summed E-state index contributed by atoms with van der Waals surface area (Å²) in [4.78, 5) is 0. The van der Waals surface area contributed by atoms with E-state index in [1.807, 2.05) is 0 Å². The number of ether oxygens (including phenoxy) is 1. The van der Waals surface area contributed by atoms with Crippen molar-refractivity contribution in [2.75, 3.05) is 7.11 Å². The molecule has 2 unspecified atom stereocenters. The highest BCUT2D eigenvalue weighted by atomic mass is 16.5. The first kappa shape index (κ1) is 17.4. The first-order valence-corrected chi connectivity index (χ1v) is 9.46. The third-order valence-corrected chi connectivity index (χ3v) is 5.30. The highest BCUT2D eigenvalue weighted by Gasteiger charge is 2.29. The molecular weight excluding hydrogens is 328 g/mol. The van der Waals surface area contributed by atoms with Gasteiger partial charge in [-0.3, -0.25) is 0 Å². The molecule has 0 amide bonds. The van der Waals surface area contributed by atoms with E-state index >= 15 is 0 Å².